The lowest BCUT2D eigenvalue weighted by molar-refractivity contribution is -0.117. The predicted molar refractivity (Wildman–Crippen MR) is 61.1 cm³/mol. The van der Waals surface area contributed by atoms with Gasteiger partial charge in [0.15, 0.2) is 5.78 Å². The third kappa shape index (κ3) is 2.08. The summed E-state index contributed by atoms with van der Waals surface area (Å²) < 4.78 is 10.9. The summed E-state index contributed by atoms with van der Waals surface area (Å²) in [5.74, 6) is 1.41. The first-order valence-corrected chi connectivity index (χ1v) is 5.25. The molecule has 3 nitrogen and oxygen atoms in total. The van der Waals surface area contributed by atoms with Crippen molar-refractivity contribution in [2.24, 2.45) is 0 Å². The van der Waals surface area contributed by atoms with Crippen LogP contribution >= 0.6 is 0 Å². The largest absolute Gasteiger partial charge is 0.496 e. The molecule has 1 aliphatic heterocycles. The van der Waals surface area contributed by atoms with E-state index in [2.05, 4.69) is 0 Å². The molecular weight excluding hydrogens is 204 g/mol. The molecule has 1 aliphatic rings. The highest BCUT2D eigenvalue weighted by Crippen LogP contribution is 2.30. The Hall–Kier alpha value is -1.77. The van der Waals surface area contributed by atoms with Crippen molar-refractivity contribution in [3.05, 3.63) is 35.9 Å². The predicted octanol–water partition coefficient (Wildman–Crippen LogP) is 2.41. The van der Waals surface area contributed by atoms with Crippen LogP contribution in [0.5, 0.6) is 5.75 Å². The number of para-hydroxylation sites is 1. The fourth-order valence-corrected chi connectivity index (χ4v) is 1.77. The number of carbonyl (C=O) groups excluding carboxylic acids is 1. The monoisotopic (exact) mass is 218 g/mol. The van der Waals surface area contributed by atoms with Gasteiger partial charge in [-0.2, -0.15) is 0 Å². The number of rotatable bonds is 2. The number of allylic oxidation sites excluding steroid dienone is 1. The summed E-state index contributed by atoms with van der Waals surface area (Å²) in [6.45, 7) is 1.89. The zero-order valence-corrected chi connectivity index (χ0v) is 9.40. The molecule has 1 aromatic rings. The molecule has 0 amide bonds. The minimum atomic E-state index is -0.0718. The highest BCUT2D eigenvalue weighted by atomic mass is 16.5. The van der Waals surface area contributed by atoms with Crippen LogP contribution in [-0.2, 0) is 9.53 Å². The molecule has 0 spiro atoms. The molecule has 0 aliphatic carbocycles. The lowest BCUT2D eigenvalue weighted by atomic mass is 10.1. The van der Waals surface area contributed by atoms with Crippen molar-refractivity contribution in [2.45, 2.75) is 19.4 Å². The quantitative estimate of drug-likeness (QED) is 0.764. The van der Waals surface area contributed by atoms with Crippen LogP contribution in [0.4, 0.5) is 0 Å². The van der Waals surface area contributed by atoms with Crippen molar-refractivity contribution >= 4 is 11.5 Å². The van der Waals surface area contributed by atoms with Crippen LogP contribution in [0.2, 0.25) is 0 Å². The molecule has 84 valence electrons. The Labute approximate surface area is 94.7 Å². The maximum Gasteiger partial charge on any atom is 0.163 e. The Morgan fingerprint density at radius 2 is 2.12 bits per heavy atom. The van der Waals surface area contributed by atoms with Crippen LogP contribution in [-0.4, -0.2) is 19.0 Å². The maximum absolute atomic E-state index is 11.5. The first-order chi connectivity index (χ1) is 7.70. The van der Waals surface area contributed by atoms with E-state index in [0.29, 0.717) is 12.2 Å². The molecule has 16 heavy (non-hydrogen) atoms. The van der Waals surface area contributed by atoms with Gasteiger partial charge in [-0.1, -0.05) is 12.1 Å². The van der Waals surface area contributed by atoms with Gasteiger partial charge in [0.2, 0.25) is 0 Å². The van der Waals surface area contributed by atoms with E-state index in [1.54, 1.807) is 7.11 Å². The normalized spacial score (nSPS) is 20.0. The van der Waals surface area contributed by atoms with E-state index in [4.69, 9.17) is 9.47 Å². The zero-order valence-electron chi connectivity index (χ0n) is 9.40. The summed E-state index contributed by atoms with van der Waals surface area (Å²) in [5, 5.41) is 0. The van der Waals surface area contributed by atoms with Crippen LogP contribution in [0.15, 0.2) is 30.3 Å². The number of ketones is 1. The molecule has 2 rings (SSSR count). The molecule has 0 radical (unpaired) electrons. The molecule has 0 saturated carbocycles. The average Bonchev–Trinajstić information content (AvgIpc) is 2.27. The number of ether oxygens (including phenoxy) is 2. The number of hydrogen-bond donors (Lipinski definition) is 0. The third-order valence-electron chi connectivity index (χ3n) is 2.48. The molecule has 0 fully saturated rings. The van der Waals surface area contributed by atoms with Crippen molar-refractivity contribution < 1.29 is 14.3 Å². The summed E-state index contributed by atoms with van der Waals surface area (Å²) in [7, 11) is 1.60. The lowest BCUT2D eigenvalue weighted by Gasteiger charge is -2.21. The Morgan fingerprint density at radius 3 is 2.81 bits per heavy atom. The Bertz CT molecular complexity index is 435. The molecule has 0 saturated heterocycles. The minimum Gasteiger partial charge on any atom is -0.496 e. The average molecular weight is 218 g/mol. The maximum atomic E-state index is 11.5. The van der Waals surface area contributed by atoms with Gasteiger partial charge < -0.3 is 9.47 Å². The van der Waals surface area contributed by atoms with Crippen LogP contribution in [0.1, 0.15) is 18.9 Å². The molecule has 1 heterocycles. The number of benzene rings is 1. The smallest absolute Gasteiger partial charge is 0.163 e. The van der Waals surface area contributed by atoms with Crippen LogP contribution in [0.25, 0.3) is 5.76 Å². The van der Waals surface area contributed by atoms with Crippen LogP contribution in [0.3, 0.4) is 0 Å². The topological polar surface area (TPSA) is 35.5 Å². The fourth-order valence-electron chi connectivity index (χ4n) is 1.77. The second kappa shape index (κ2) is 4.39. The molecule has 0 bridgehead atoms. The second-order valence-electron chi connectivity index (χ2n) is 3.81. The van der Waals surface area contributed by atoms with Crippen molar-refractivity contribution in [3.63, 3.8) is 0 Å². The van der Waals surface area contributed by atoms with Crippen LogP contribution in [0, 0.1) is 0 Å². The fraction of sp³-hybridized carbons (Fsp3) is 0.308. The van der Waals surface area contributed by atoms with Gasteiger partial charge in [0.25, 0.3) is 0 Å². The SMILES string of the molecule is COc1ccccc1C1=CC(=O)C[C@@H](C)O1. The third-order valence-corrected chi connectivity index (χ3v) is 2.48. The van der Waals surface area contributed by atoms with Gasteiger partial charge in [0, 0.05) is 12.5 Å². The lowest BCUT2D eigenvalue weighted by Crippen LogP contribution is -2.18. The number of hydrogen-bond acceptors (Lipinski definition) is 3. The van der Waals surface area contributed by atoms with Gasteiger partial charge in [-0.05, 0) is 19.1 Å². The van der Waals surface area contributed by atoms with Crippen molar-refractivity contribution in [3.8, 4) is 5.75 Å². The number of carbonyl (C=O) groups is 1. The van der Waals surface area contributed by atoms with Crippen molar-refractivity contribution in [1.82, 2.24) is 0 Å². The summed E-state index contributed by atoms with van der Waals surface area (Å²) in [6.07, 6.45) is 1.91. The highest BCUT2D eigenvalue weighted by Gasteiger charge is 2.20. The summed E-state index contributed by atoms with van der Waals surface area (Å²) in [5.41, 5.74) is 0.824. The highest BCUT2D eigenvalue weighted by molar-refractivity contribution is 5.97. The molecule has 1 aromatic carbocycles. The van der Waals surface area contributed by atoms with E-state index < -0.39 is 0 Å². The van der Waals surface area contributed by atoms with Crippen molar-refractivity contribution in [2.75, 3.05) is 7.11 Å². The molecule has 0 N–H and O–H groups in total. The molecular formula is C13H14O3. The van der Waals surface area contributed by atoms with Gasteiger partial charge in [-0.25, -0.2) is 0 Å². The van der Waals surface area contributed by atoms with E-state index in [0.717, 1.165) is 11.3 Å². The zero-order chi connectivity index (χ0) is 11.5. The van der Waals surface area contributed by atoms with E-state index in [9.17, 15) is 4.79 Å². The van der Waals surface area contributed by atoms with Gasteiger partial charge in [-0.3, -0.25) is 4.79 Å². The second-order valence-corrected chi connectivity index (χ2v) is 3.81. The summed E-state index contributed by atoms with van der Waals surface area (Å²) >= 11 is 0. The Morgan fingerprint density at radius 1 is 1.38 bits per heavy atom. The summed E-state index contributed by atoms with van der Waals surface area (Å²) in [4.78, 5) is 11.5. The molecule has 0 unspecified atom stereocenters. The van der Waals surface area contributed by atoms with Gasteiger partial charge in [0.05, 0.1) is 12.7 Å². The standard InChI is InChI=1S/C13H14O3/c1-9-7-10(14)8-13(16-9)11-5-3-4-6-12(11)15-2/h3-6,8-9H,7H2,1-2H3/t9-/m1/s1. The molecule has 1 atom stereocenters. The minimum absolute atomic E-state index is 0.0718. The number of methoxy groups -OCH3 is 1. The van der Waals surface area contributed by atoms with Crippen LogP contribution < -0.4 is 4.74 Å². The molecule has 0 aromatic heterocycles. The first kappa shape index (κ1) is 10.7. The van der Waals surface area contributed by atoms with E-state index in [1.165, 1.54) is 6.08 Å². The van der Waals surface area contributed by atoms with Gasteiger partial charge in [-0.15, -0.1) is 0 Å². The van der Waals surface area contributed by atoms with E-state index >= 15 is 0 Å². The first-order valence-electron chi connectivity index (χ1n) is 5.25. The van der Waals surface area contributed by atoms with Gasteiger partial charge >= 0.3 is 0 Å². The van der Waals surface area contributed by atoms with Crippen molar-refractivity contribution in [1.29, 1.82) is 0 Å². The van der Waals surface area contributed by atoms with Gasteiger partial charge in [0.1, 0.15) is 17.6 Å². The van der Waals surface area contributed by atoms with E-state index in [1.807, 2.05) is 31.2 Å². The summed E-state index contributed by atoms with van der Waals surface area (Å²) in [6, 6.07) is 7.52. The van der Waals surface area contributed by atoms with E-state index in [-0.39, 0.29) is 11.9 Å². The molecule has 3 heteroatoms. The Balaban J connectivity index is 2.40. The Kier molecular flexibility index (Phi) is 2.95.